The first-order chi connectivity index (χ1) is 10.2. The van der Waals surface area contributed by atoms with Crippen LogP contribution in [0.1, 0.15) is 31.4 Å². The van der Waals surface area contributed by atoms with Crippen molar-refractivity contribution in [2.45, 2.75) is 45.8 Å². The molecule has 3 heterocycles. The second-order valence-corrected chi connectivity index (χ2v) is 5.48. The third-order valence-corrected chi connectivity index (χ3v) is 3.95. The Morgan fingerprint density at radius 1 is 1.38 bits per heavy atom. The third-order valence-electron chi connectivity index (χ3n) is 3.71. The lowest BCUT2D eigenvalue weighted by molar-refractivity contribution is 0.454. The highest BCUT2D eigenvalue weighted by atomic mass is 35.5. The molecule has 0 aliphatic heterocycles. The molecule has 21 heavy (non-hydrogen) atoms. The Hall–Kier alpha value is -1.82. The van der Waals surface area contributed by atoms with Gasteiger partial charge in [0.05, 0.1) is 23.9 Å². The fraction of sp³-hybridized carbons (Fsp3) is 0.500. The zero-order valence-electron chi connectivity index (χ0n) is 12.5. The summed E-state index contributed by atoms with van der Waals surface area (Å²) in [7, 11) is 0. The van der Waals surface area contributed by atoms with E-state index in [-0.39, 0.29) is 6.04 Å². The quantitative estimate of drug-likeness (QED) is 0.681. The van der Waals surface area contributed by atoms with Crippen LogP contribution in [0.5, 0.6) is 0 Å². The maximum absolute atomic E-state index is 6.10. The molecule has 0 spiro atoms. The van der Waals surface area contributed by atoms with Gasteiger partial charge in [0.2, 0.25) is 0 Å². The van der Waals surface area contributed by atoms with Crippen LogP contribution in [0.25, 0.3) is 11.2 Å². The SMILES string of the molecule is CCn1nc(C)c2nc(CCl)n(C(C)Cn3ccnc3)c21. The van der Waals surface area contributed by atoms with Gasteiger partial charge in [-0.15, -0.1) is 11.6 Å². The van der Waals surface area contributed by atoms with Gasteiger partial charge < -0.3 is 9.13 Å². The van der Waals surface area contributed by atoms with E-state index in [1.807, 2.05) is 24.1 Å². The van der Waals surface area contributed by atoms with Crippen LogP contribution in [-0.2, 0) is 19.0 Å². The molecule has 0 aliphatic carbocycles. The molecule has 0 amide bonds. The largest absolute Gasteiger partial charge is 0.335 e. The molecule has 3 aromatic rings. The van der Waals surface area contributed by atoms with Gasteiger partial charge in [0.1, 0.15) is 11.3 Å². The molecule has 7 heteroatoms. The van der Waals surface area contributed by atoms with E-state index in [1.165, 1.54) is 0 Å². The van der Waals surface area contributed by atoms with Crippen molar-refractivity contribution in [3.63, 3.8) is 0 Å². The fourth-order valence-electron chi connectivity index (χ4n) is 2.79. The van der Waals surface area contributed by atoms with Gasteiger partial charge in [0.25, 0.3) is 0 Å². The molecule has 1 unspecified atom stereocenters. The van der Waals surface area contributed by atoms with E-state index in [2.05, 4.69) is 38.0 Å². The first kappa shape index (κ1) is 14.1. The maximum Gasteiger partial charge on any atom is 0.159 e. The van der Waals surface area contributed by atoms with Crippen LogP contribution >= 0.6 is 11.6 Å². The lowest BCUT2D eigenvalue weighted by Crippen LogP contribution is -2.16. The van der Waals surface area contributed by atoms with Crippen molar-refractivity contribution in [3.8, 4) is 0 Å². The Bertz CT molecular complexity index is 739. The minimum atomic E-state index is 0.222. The summed E-state index contributed by atoms with van der Waals surface area (Å²) in [6.07, 6.45) is 5.58. The molecule has 0 radical (unpaired) electrons. The Balaban J connectivity index is 2.10. The van der Waals surface area contributed by atoms with E-state index < -0.39 is 0 Å². The molecule has 0 saturated heterocycles. The molecule has 112 valence electrons. The standard InChI is InChI=1S/C14H19ClN6/c1-4-20-14-13(11(3)18-20)17-12(7-15)21(14)10(2)8-19-6-5-16-9-19/h5-6,9-10H,4,7-8H2,1-3H3. The highest BCUT2D eigenvalue weighted by molar-refractivity contribution is 6.16. The van der Waals surface area contributed by atoms with Gasteiger partial charge in [-0.1, -0.05) is 0 Å². The summed E-state index contributed by atoms with van der Waals surface area (Å²) in [5.41, 5.74) is 2.95. The van der Waals surface area contributed by atoms with Crippen molar-refractivity contribution >= 4 is 22.8 Å². The molecule has 3 aromatic heterocycles. The number of aryl methyl sites for hydroxylation is 2. The van der Waals surface area contributed by atoms with E-state index in [1.54, 1.807) is 6.20 Å². The number of hydrogen-bond acceptors (Lipinski definition) is 3. The molecular formula is C14H19ClN6. The van der Waals surface area contributed by atoms with Gasteiger partial charge in [-0.05, 0) is 20.8 Å². The summed E-state index contributed by atoms with van der Waals surface area (Å²) in [6, 6.07) is 0.222. The normalized spacial score (nSPS) is 13.1. The summed E-state index contributed by atoms with van der Waals surface area (Å²) in [5.74, 6) is 1.29. The number of fused-ring (bicyclic) bond motifs is 1. The van der Waals surface area contributed by atoms with Crippen LogP contribution in [0.3, 0.4) is 0 Å². The van der Waals surface area contributed by atoms with E-state index in [9.17, 15) is 0 Å². The molecule has 3 rings (SSSR count). The predicted molar refractivity (Wildman–Crippen MR) is 82.4 cm³/mol. The van der Waals surface area contributed by atoms with E-state index in [0.717, 1.165) is 35.8 Å². The number of nitrogens with zero attached hydrogens (tertiary/aromatic N) is 6. The summed E-state index contributed by atoms with van der Waals surface area (Å²) in [5, 5.41) is 4.55. The van der Waals surface area contributed by atoms with Gasteiger partial charge >= 0.3 is 0 Å². The summed E-state index contributed by atoms with van der Waals surface area (Å²) in [6.45, 7) is 7.88. The van der Waals surface area contributed by atoms with Crippen molar-refractivity contribution in [2.75, 3.05) is 0 Å². The van der Waals surface area contributed by atoms with E-state index in [0.29, 0.717) is 5.88 Å². The smallest absolute Gasteiger partial charge is 0.159 e. The number of hydrogen-bond donors (Lipinski definition) is 0. The van der Waals surface area contributed by atoms with Crippen molar-refractivity contribution in [3.05, 3.63) is 30.2 Å². The van der Waals surface area contributed by atoms with Gasteiger partial charge in [-0.2, -0.15) is 5.10 Å². The number of alkyl halides is 1. The second kappa shape index (κ2) is 5.52. The zero-order chi connectivity index (χ0) is 15.0. The summed E-state index contributed by atoms with van der Waals surface area (Å²) in [4.78, 5) is 8.77. The van der Waals surface area contributed by atoms with Gasteiger partial charge in [-0.25, -0.2) is 14.6 Å². The van der Waals surface area contributed by atoms with Gasteiger partial charge in [0.15, 0.2) is 5.65 Å². The van der Waals surface area contributed by atoms with E-state index in [4.69, 9.17) is 11.6 Å². The molecule has 0 aliphatic rings. The third kappa shape index (κ3) is 2.33. The number of halogens is 1. The molecule has 0 fully saturated rings. The van der Waals surface area contributed by atoms with Crippen LogP contribution < -0.4 is 0 Å². The van der Waals surface area contributed by atoms with Crippen molar-refractivity contribution in [2.24, 2.45) is 0 Å². The number of aromatic nitrogens is 6. The average molecular weight is 307 g/mol. The predicted octanol–water partition coefficient (Wildman–Crippen LogP) is 2.76. The van der Waals surface area contributed by atoms with Crippen LogP contribution in [0.15, 0.2) is 18.7 Å². The molecule has 0 N–H and O–H groups in total. The molecule has 1 atom stereocenters. The van der Waals surface area contributed by atoms with Crippen LogP contribution in [0.2, 0.25) is 0 Å². The molecular weight excluding hydrogens is 288 g/mol. The Kier molecular flexibility index (Phi) is 3.71. The van der Waals surface area contributed by atoms with Gasteiger partial charge in [-0.3, -0.25) is 0 Å². The van der Waals surface area contributed by atoms with Crippen LogP contribution in [-0.4, -0.2) is 28.9 Å². The number of rotatable bonds is 5. The van der Waals surface area contributed by atoms with E-state index >= 15 is 0 Å². The Labute approximate surface area is 128 Å². The minimum Gasteiger partial charge on any atom is -0.335 e. The monoisotopic (exact) mass is 306 g/mol. The minimum absolute atomic E-state index is 0.222. The molecule has 6 nitrogen and oxygen atoms in total. The summed E-state index contributed by atoms with van der Waals surface area (Å²) >= 11 is 6.10. The average Bonchev–Trinajstić information content (AvgIpc) is 3.15. The van der Waals surface area contributed by atoms with Crippen molar-refractivity contribution in [1.29, 1.82) is 0 Å². The van der Waals surface area contributed by atoms with Crippen LogP contribution in [0, 0.1) is 6.92 Å². The molecule has 0 saturated carbocycles. The Morgan fingerprint density at radius 2 is 2.19 bits per heavy atom. The number of imidazole rings is 2. The summed E-state index contributed by atoms with van der Waals surface area (Å²) < 4.78 is 6.26. The second-order valence-electron chi connectivity index (χ2n) is 5.21. The molecule has 0 bridgehead atoms. The highest BCUT2D eigenvalue weighted by Gasteiger charge is 2.21. The first-order valence-electron chi connectivity index (χ1n) is 7.11. The van der Waals surface area contributed by atoms with Crippen molar-refractivity contribution < 1.29 is 0 Å². The first-order valence-corrected chi connectivity index (χ1v) is 7.65. The fourth-order valence-corrected chi connectivity index (χ4v) is 2.98. The molecule has 0 aromatic carbocycles. The highest BCUT2D eigenvalue weighted by Crippen LogP contribution is 2.25. The topological polar surface area (TPSA) is 53.5 Å². The lowest BCUT2D eigenvalue weighted by atomic mass is 10.3. The zero-order valence-corrected chi connectivity index (χ0v) is 13.2. The Morgan fingerprint density at radius 3 is 2.81 bits per heavy atom. The van der Waals surface area contributed by atoms with Gasteiger partial charge in [0, 0.05) is 25.5 Å². The lowest BCUT2D eigenvalue weighted by Gasteiger charge is -2.18. The maximum atomic E-state index is 6.10. The van der Waals surface area contributed by atoms with Crippen LogP contribution in [0.4, 0.5) is 0 Å². The van der Waals surface area contributed by atoms with Crippen molar-refractivity contribution in [1.82, 2.24) is 28.9 Å².